The summed E-state index contributed by atoms with van der Waals surface area (Å²) in [5.74, 6) is 0.280. The zero-order valence-corrected chi connectivity index (χ0v) is 14.7. The molecular weight excluding hydrogens is 358 g/mol. The zero-order chi connectivity index (χ0) is 15.9. The van der Waals surface area contributed by atoms with Crippen LogP contribution in [0.4, 0.5) is 5.69 Å². The lowest BCUT2D eigenvalue weighted by molar-refractivity contribution is -0.385. The molecule has 0 atom stereocenters. The fourth-order valence-electron chi connectivity index (χ4n) is 2.49. The van der Waals surface area contributed by atoms with E-state index >= 15 is 0 Å². The molecule has 4 nitrogen and oxygen atoms in total. The number of rotatable bonds is 9. The minimum absolute atomic E-state index is 0.0109. The number of hydrogen-bond donors (Lipinski definition) is 0. The summed E-state index contributed by atoms with van der Waals surface area (Å²) in [4.78, 5) is 10.6. The highest BCUT2D eigenvalue weighted by Crippen LogP contribution is 2.36. The van der Waals surface area contributed by atoms with E-state index in [1.807, 2.05) is 0 Å². The standard InChI is InChI=1S/C15H21BrClNO3/c1-3-7-15(10-16,8-4-2)11-21-14-6-5-12(17)9-13(14)18(19)20/h5-6,9H,3-4,7-8,10-11H2,1-2H3. The third-order valence-corrected chi connectivity index (χ3v) is 4.92. The third kappa shape index (κ3) is 5.15. The maximum Gasteiger partial charge on any atom is 0.312 e. The van der Waals surface area contributed by atoms with Crippen LogP contribution >= 0.6 is 27.5 Å². The molecule has 118 valence electrons. The van der Waals surface area contributed by atoms with E-state index < -0.39 is 4.92 Å². The fraction of sp³-hybridized carbons (Fsp3) is 0.600. The average Bonchev–Trinajstić information content (AvgIpc) is 2.46. The van der Waals surface area contributed by atoms with Crippen molar-refractivity contribution in [3.05, 3.63) is 33.3 Å². The second-order valence-corrected chi connectivity index (χ2v) is 6.29. The second kappa shape index (κ2) is 8.59. The Morgan fingerprint density at radius 1 is 1.33 bits per heavy atom. The lowest BCUT2D eigenvalue weighted by atomic mass is 9.82. The van der Waals surface area contributed by atoms with Crippen molar-refractivity contribution in [2.24, 2.45) is 5.41 Å². The molecule has 1 aromatic carbocycles. The number of alkyl halides is 1. The molecule has 0 saturated carbocycles. The number of nitrogens with zero attached hydrogens (tertiary/aromatic N) is 1. The molecule has 0 aromatic heterocycles. The van der Waals surface area contributed by atoms with Crippen LogP contribution in [0, 0.1) is 15.5 Å². The van der Waals surface area contributed by atoms with Gasteiger partial charge in [0.2, 0.25) is 0 Å². The number of halogens is 2. The van der Waals surface area contributed by atoms with Gasteiger partial charge in [-0.05, 0) is 25.0 Å². The summed E-state index contributed by atoms with van der Waals surface area (Å²) in [6.07, 6.45) is 4.15. The van der Waals surface area contributed by atoms with Gasteiger partial charge in [0.1, 0.15) is 0 Å². The van der Waals surface area contributed by atoms with Crippen LogP contribution in [0.1, 0.15) is 39.5 Å². The Balaban J connectivity index is 2.92. The lowest BCUT2D eigenvalue weighted by Crippen LogP contribution is -2.30. The first-order chi connectivity index (χ1) is 9.98. The van der Waals surface area contributed by atoms with E-state index in [1.54, 1.807) is 12.1 Å². The number of benzene rings is 1. The molecule has 0 radical (unpaired) electrons. The number of nitro benzene ring substituents is 1. The molecule has 0 saturated heterocycles. The van der Waals surface area contributed by atoms with Crippen molar-refractivity contribution >= 4 is 33.2 Å². The van der Waals surface area contributed by atoms with E-state index in [1.165, 1.54) is 6.07 Å². The van der Waals surface area contributed by atoms with Gasteiger partial charge in [-0.2, -0.15) is 0 Å². The van der Waals surface area contributed by atoms with Gasteiger partial charge < -0.3 is 4.74 Å². The summed E-state index contributed by atoms with van der Waals surface area (Å²) in [6.45, 7) is 4.73. The maximum atomic E-state index is 11.1. The number of nitro groups is 1. The lowest BCUT2D eigenvalue weighted by Gasteiger charge is -2.31. The van der Waals surface area contributed by atoms with Crippen LogP contribution in [0.15, 0.2) is 18.2 Å². The normalized spacial score (nSPS) is 11.4. The van der Waals surface area contributed by atoms with Crippen molar-refractivity contribution in [2.75, 3.05) is 11.9 Å². The summed E-state index contributed by atoms with van der Waals surface area (Å²) in [5.41, 5.74) is -0.0734. The molecule has 0 spiro atoms. The molecule has 1 rings (SSSR count). The molecule has 0 unspecified atom stereocenters. The van der Waals surface area contributed by atoms with Crippen LogP contribution < -0.4 is 4.74 Å². The van der Waals surface area contributed by atoms with Crippen LogP contribution in [0.25, 0.3) is 0 Å². The summed E-state index contributed by atoms with van der Waals surface area (Å²) < 4.78 is 5.78. The van der Waals surface area contributed by atoms with Gasteiger partial charge in [-0.3, -0.25) is 10.1 Å². The molecule has 0 aliphatic heterocycles. The molecule has 21 heavy (non-hydrogen) atoms. The van der Waals surface area contributed by atoms with Crippen LogP contribution in [-0.2, 0) is 0 Å². The second-order valence-electron chi connectivity index (χ2n) is 5.29. The molecular formula is C15H21BrClNO3. The van der Waals surface area contributed by atoms with Gasteiger partial charge in [0.05, 0.1) is 11.5 Å². The van der Waals surface area contributed by atoms with Crippen molar-refractivity contribution in [1.29, 1.82) is 0 Å². The van der Waals surface area contributed by atoms with Gasteiger partial charge >= 0.3 is 5.69 Å². The molecule has 1 aromatic rings. The predicted octanol–water partition coefficient (Wildman–Crippen LogP) is 5.61. The Hall–Kier alpha value is -0.810. The molecule has 0 aliphatic rings. The van der Waals surface area contributed by atoms with Crippen LogP contribution in [0.5, 0.6) is 5.75 Å². The summed E-state index contributed by atoms with van der Waals surface area (Å²) in [7, 11) is 0. The topological polar surface area (TPSA) is 52.4 Å². The molecule has 0 aliphatic carbocycles. The molecule has 0 fully saturated rings. The van der Waals surface area contributed by atoms with Gasteiger partial charge in [0.15, 0.2) is 5.75 Å². The van der Waals surface area contributed by atoms with E-state index in [0.717, 1.165) is 31.0 Å². The minimum Gasteiger partial charge on any atom is -0.486 e. The third-order valence-electron chi connectivity index (χ3n) is 3.50. The van der Waals surface area contributed by atoms with E-state index in [0.29, 0.717) is 11.6 Å². The summed E-state index contributed by atoms with van der Waals surface area (Å²) in [6, 6.07) is 4.50. The highest BCUT2D eigenvalue weighted by Gasteiger charge is 2.29. The highest BCUT2D eigenvalue weighted by atomic mass is 79.9. The maximum absolute atomic E-state index is 11.1. The number of ether oxygens (including phenoxy) is 1. The first kappa shape index (κ1) is 18.2. The van der Waals surface area contributed by atoms with E-state index in [-0.39, 0.29) is 16.9 Å². The van der Waals surface area contributed by atoms with E-state index in [9.17, 15) is 10.1 Å². The highest BCUT2D eigenvalue weighted by molar-refractivity contribution is 9.09. The molecule has 0 N–H and O–H groups in total. The van der Waals surface area contributed by atoms with Crippen molar-refractivity contribution in [1.82, 2.24) is 0 Å². The molecule has 0 bridgehead atoms. The van der Waals surface area contributed by atoms with Crippen molar-refractivity contribution in [3.63, 3.8) is 0 Å². The first-order valence-electron chi connectivity index (χ1n) is 7.10. The Bertz CT molecular complexity index is 476. The van der Waals surface area contributed by atoms with Crippen molar-refractivity contribution in [3.8, 4) is 5.75 Å². The van der Waals surface area contributed by atoms with Crippen LogP contribution in [-0.4, -0.2) is 16.9 Å². The van der Waals surface area contributed by atoms with Crippen LogP contribution in [0.2, 0.25) is 5.02 Å². The van der Waals surface area contributed by atoms with Gasteiger partial charge in [-0.25, -0.2) is 0 Å². The van der Waals surface area contributed by atoms with Gasteiger partial charge in [-0.1, -0.05) is 54.2 Å². The summed E-state index contributed by atoms with van der Waals surface area (Å²) >= 11 is 9.38. The smallest absolute Gasteiger partial charge is 0.312 e. The van der Waals surface area contributed by atoms with Crippen molar-refractivity contribution in [2.45, 2.75) is 39.5 Å². The van der Waals surface area contributed by atoms with E-state index in [2.05, 4.69) is 29.8 Å². The monoisotopic (exact) mass is 377 g/mol. The SMILES string of the molecule is CCCC(CBr)(CCC)COc1ccc(Cl)cc1[N+](=O)[O-]. The molecule has 0 amide bonds. The summed E-state index contributed by atoms with van der Waals surface area (Å²) in [5, 5.41) is 12.2. The van der Waals surface area contributed by atoms with Gasteiger partial charge in [0.25, 0.3) is 0 Å². The molecule has 0 heterocycles. The minimum atomic E-state index is -0.462. The fourth-order valence-corrected chi connectivity index (χ4v) is 3.38. The number of hydrogen-bond acceptors (Lipinski definition) is 3. The Kier molecular flexibility index (Phi) is 7.46. The largest absolute Gasteiger partial charge is 0.486 e. The van der Waals surface area contributed by atoms with E-state index in [4.69, 9.17) is 16.3 Å². The Morgan fingerprint density at radius 3 is 2.43 bits per heavy atom. The Labute approximate surface area is 139 Å². The quantitative estimate of drug-likeness (QED) is 0.319. The van der Waals surface area contributed by atoms with Crippen LogP contribution in [0.3, 0.4) is 0 Å². The average molecular weight is 379 g/mol. The predicted molar refractivity (Wildman–Crippen MR) is 89.6 cm³/mol. The Morgan fingerprint density at radius 2 is 1.95 bits per heavy atom. The molecule has 6 heteroatoms. The first-order valence-corrected chi connectivity index (χ1v) is 8.60. The zero-order valence-electron chi connectivity index (χ0n) is 12.4. The van der Waals surface area contributed by atoms with Crippen molar-refractivity contribution < 1.29 is 9.66 Å². The van der Waals surface area contributed by atoms with Gasteiger partial charge in [0, 0.05) is 21.8 Å². The van der Waals surface area contributed by atoms with Gasteiger partial charge in [-0.15, -0.1) is 0 Å².